The quantitative estimate of drug-likeness (QED) is 0.911. The lowest BCUT2D eigenvalue weighted by Crippen LogP contribution is -2.32. The molecule has 1 aliphatic rings. The second kappa shape index (κ2) is 5.58. The zero-order valence-corrected chi connectivity index (χ0v) is 11.9. The number of likely N-dealkylation sites (N-methyl/N-ethyl adjacent to an activating group) is 1. The van der Waals surface area contributed by atoms with Crippen LogP contribution in [0, 0.1) is 0 Å². The molecule has 6 heteroatoms. The van der Waals surface area contributed by atoms with Gasteiger partial charge in [-0.3, -0.25) is 4.79 Å². The Kier molecular flexibility index (Phi) is 4.08. The molecule has 1 amide bonds. The minimum absolute atomic E-state index is 0.0507. The van der Waals surface area contributed by atoms with E-state index in [0.29, 0.717) is 13.1 Å². The second-order valence-corrected chi connectivity index (χ2v) is 5.06. The maximum Gasteiger partial charge on any atom is 0.236 e. The Bertz CT molecular complexity index is 463. The molecule has 0 radical (unpaired) electrons. The van der Waals surface area contributed by atoms with Gasteiger partial charge in [-0.05, 0) is 33.6 Å². The number of ether oxygens (including phenoxy) is 2. The van der Waals surface area contributed by atoms with Crippen LogP contribution < -0.4 is 14.8 Å². The molecular formula is C12H15BrN2O3. The number of hydrogen-bond acceptors (Lipinski definition) is 4. The van der Waals surface area contributed by atoms with Gasteiger partial charge in [-0.2, -0.15) is 0 Å². The summed E-state index contributed by atoms with van der Waals surface area (Å²) in [5, 5.41) is 3.09. The Morgan fingerprint density at radius 3 is 2.94 bits per heavy atom. The van der Waals surface area contributed by atoms with Crippen molar-refractivity contribution in [3.8, 4) is 11.5 Å². The molecule has 0 fully saturated rings. The first-order valence-corrected chi connectivity index (χ1v) is 6.36. The van der Waals surface area contributed by atoms with E-state index in [9.17, 15) is 4.79 Å². The molecule has 2 rings (SSSR count). The van der Waals surface area contributed by atoms with Crippen LogP contribution >= 0.6 is 15.9 Å². The van der Waals surface area contributed by atoms with Gasteiger partial charge in [0.2, 0.25) is 12.7 Å². The molecule has 0 atom stereocenters. The molecule has 0 saturated heterocycles. The lowest BCUT2D eigenvalue weighted by atomic mass is 10.2. The molecule has 0 bridgehead atoms. The van der Waals surface area contributed by atoms with Crippen molar-refractivity contribution in [2.45, 2.75) is 6.54 Å². The van der Waals surface area contributed by atoms with Crippen LogP contribution in [0.3, 0.4) is 0 Å². The molecule has 1 heterocycles. The van der Waals surface area contributed by atoms with Crippen molar-refractivity contribution in [1.82, 2.24) is 10.2 Å². The maximum absolute atomic E-state index is 11.4. The summed E-state index contributed by atoms with van der Waals surface area (Å²) < 4.78 is 11.5. The maximum atomic E-state index is 11.4. The van der Waals surface area contributed by atoms with Gasteiger partial charge in [-0.1, -0.05) is 0 Å². The molecule has 98 valence electrons. The Hall–Kier alpha value is -1.27. The van der Waals surface area contributed by atoms with Crippen molar-refractivity contribution in [2.24, 2.45) is 0 Å². The van der Waals surface area contributed by atoms with E-state index in [2.05, 4.69) is 21.2 Å². The van der Waals surface area contributed by atoms with Gasteiger partial charge in [-0.15, -0.1) is 0 Å². The topological polar surface area (TPSA) is 50.8 Å². The van der Waals surface area contributed by atoms with Crippen LogP contribution in [0.4, 0.5) is 0 Å². The van der Waals surface area contributed by atoms with Crippen molar-refractivity contribution >= 4 is 21.8 Å². The van der Waals surface area contributed by atoms with Gasteiger partial charge in [0.05, 0.1) is 11.0 Å². The number of carbonyl (C=O) groups excluding carboxylic acids is 1. The van der Waals surface area contributed by atoms with Crippen LogP contribution in [0.25, 0.3) is 0 Å². The van der Waals surface area contributed by atoms with E-state index in [1.807, 2.05) is 12.1 Å². The summed E-state index contributed by atoms with van der Waals surface area (Å²) in [5.41, 5.74) is 1.04. The first-order chi connectivity index (χ1) is 8.58. The third kappa shape index (κ3) is 2.94. The van der Waals surface area contributed by atoms with E-state index in [1.54, 1.807) is 19.0 Å². The zero-order valence-electron chi connectivity index (χ0n) is 10.3. The normalized spacial score (nSPS) is 12.6. The number of nitrogens with zero attached hydrogens (tertiary/aromatic N) is 1. The highest BCUT2D eigenvalue weighted by atomic mass is 79.9. The molecule has 1 aliphatic heterocycles. The number of fused-ring (bicyclic) bond motifs is 1. The summed E-state index contributed by atoms with van der Waals surface area (Å²) in [6.07, 6.45) is 0. The predicted octanol–water partition coefficient (Wildman–Crippen LogP) is 1.36. The molecular weight excluding hydrogens is 300 g/mol. The standard InChI is InChI=1S/C12H15BrN2O3/c1-15(2)11(16)6-14-5-8-3-9(13)12-10(4-8)17-7-18-12/h3-4,14H,5-7H2,1-2H3. The fraction of sp³-hybridized carbons (Fsp3) is 0.417. The Morgan fingerprint density at radius 2 is 2.22 bits per heavy atom. The Morgan fingerprint density at radius 1 is 1.44 bits per heavy atom. The molecule has 0 unspecified atom stereocenters. The largest absolute Gasteiger partial charge is 0.454 e. The van der Waals surface area contributed by atoms with Gasteiger partial charge in [0.25, 0.3) is 0 Å². The highest BCUT2D eigenvalue weighted by molar-refractivity contribution is 9.10. The smallest absolute Gasteiger partial charge is 0.236 e. The van der Waals surface area contributed by atoms with Gasteiger partial charge >= 0.3 is 0 Å². The van der Waals surface area contributed by atoms with Gasteiger partial charge in [0.1, 0.15) is 0 Å². The van der Waals surface area contributed by atoms with Gasteiger partial charge in [0, 0.05) is 20.6 Å². The minimum Gasteiger partial charge on any atom is -0.454 e. The number of rotatable bonds is 4. The summed E-state index contributed by atoms with van der Waals surface area (Å²) in [6.45, 7) is 1.18. The Balaban J connectivity index is 1.95. The van der Waals surface area contributed by atoms with E-state index in [1.165, 1.54) is 0 Å². The van der Waals surface area contributed by atoms with Crippen LogP contribution in [0.5, 0.6) is 11.5 Å². The second-order valence-electron chi connectivity index (χ2n) is 4.20. The van der Waals surface area contributed by atoms with Crippen molar-refractivity contribution in [3.63, 3.8) is 0 Å². The predicted molar refractivity (Wildman–Crippen MR) is 70.7 cm³/mol. The average molecular weight is 315 g/mol. The summed E-state index contributed by atoms with van der Waals surface area (Å²) in [4.78, 5) is 13.0. The number of amides is 1. The van der Waals surface area contributed by atoms with E-state index in [4.69, 9.17) is 9.47 Å². The third-order valence-corrected chi connectivity index (χ3v) is 3.18. The molecule has 0 spiro atoms. The summed E-state index contributed by atoms with van der Waals surface area (Å²) >= 11 is 3.43. The fourth-order valence-corrected chi connectivity index (χ4v) is 2.20. The number of nitrogens with one attached hydrogen (secondary N) is 1. The van der Waals surface area contributed by atoms with E-state index in [0.717, 1.165) is 21.5 Å². The highest BCUT2D eigenvalue weighted by Gasteiger charge is 2.17. The van der Waals surface area contributed by atoms with Crippen molar-refractivity contribution in [1.29, 1.82) is 0 Å². The van der Waals surface area contributed by atoms with Crippen molar-refractivity contribution in [3.05, 3.63) is 22.2 Å². The summed E-state index contributed by atoms with van der Waals surface area (Å²) in [6, 6.07) is 3.88. The van der Waals surface area contributed by atoms with Crippen LogP contribution in [0.15, 0.2) is 16.6 Å². The van der Waals surface area contributed by atoms with Crippen LogP contribution in [0.2, 0.25) is 0 Å². The van der Waals surface area contributed by atoms with Gasteiger partial charge in [0.15, 0.2) is 11.5 Å². The molecule has 1 aromatic rings. The molecule has 0 saturated carbocycles. The molecule has 1 N–H and O–H groups in total. The van der Waals surface area contributed by atoms with Crippen LogP contribution in [-0.4, -0.2) is 38.2 Å². The van der Waals surface area contributed by atoms with E-state index >= 15 is 0 Å². The molecule has 0 aromatic heterocycles. The van der Waals surface area contributed by atoms with Gasteiger partial charge in [-0.25, -0.2) is 0 Å². The lowest BCUT2D eigenvalue weighted by Gasteiger charge is -2.11. The number of benzene rings is 1. The minimum atomic E-state index is 0.0507. The zero-order chi connectivity index (χ0) is 13.1. The summed E-state index contributed by atoms with van der Waals surface area (Å²) in [7, 11) is 3.47. The van der Waals surface area contributed by atoms with E-state index < -0.39 is 0 Å². The lowest BCUT2D eigenvalue weighted by molar-refractivity contribution is -0.127. The number of hydrogen-bond donors (Lipinski definition) is 1. The summed E-state index contributed by atoms with van der Waals surface area (Å²) in [5.74, 6) is 1.53. The first kappa shape index (κ1) is 13.2. The number of halogens is 1. The molecule has 5 nitrogen and oxygen atoms in total. The molecule has 0 aliphatic carbocycles. The third-order valence-electron chi connectivity index (χ3n) is 2.59. The SMILES string of the molecule is CN(C)C(=O)CNCc1cc(Br)c2c(c1)OCO2. The monoisotopic (exact) mass is 314 g/mol. The highest BCUT2D eigenvalue weighted by Crippen LogP contribution is 2.39. The first-order valence-electron chi connectivity index (χ1n) is 5.57. The van der Waals surface area contributed by atoms with Crippen molar-refractivity contribution < 1.29 is 14.3 Å². The van der Waals surface area contributed by atoms with E-state index in [-0.39, 0.29) is 12.7 Å². The number of carbonyl (C=O) groups is 1. The Labute approximate surface area is 114 Å². The fourth-order valence-electron chi connectivity index (χ4n) is 1.59. The van der Waals surface area contributed by atoms with Gasteiger partial charge < -0.3 is 19.7 Å². The van der Waals surface area contributed by atoms with Crippen LogP contribution in [0.1, 0.15) is 5.56 Å². The van der Waals surface area contributed by atoms with Crippen molar-refractivity contribution in [2.75, 3.05) is 27.4 Å². The average Bonchev–Trinajstić information content (AvgIpc) is 2.77. The molecule has 18 heavy (non-hydrogen) atoms. The van der Waals surface area contributed by atoms with Crippen LogP contribution in [-0.2, 0) is 11.3 Å². The molecule has 1 aromatic carbocycles.